The number of hydrogen-bond acceptors (Lipinski definition) is 7. The zero-order valence-corrected chi connectivity index (χ0v) is 15.2. The van der Waals surface area contributed by atoms with E-state index in [1.54, 1.807) is 38.7 Å². The van der Waals surface area contributed by atoms with Gasteiger partial charge in [0.15, 0.2) is 12.1 Å². The Hall–Kier alpha value is -3.61. The molecule has 7 nitrogen and oxygen atoms in total. The molecule has 0 N–H and O–H groups in total. The summed E-state index contributed by atoms with van der Waals surface area (Å²) in [4.78, 5) is 26.7. The number of ether oxygens (including phenoxy) is 2. The highest BCUT2D eigenvalue weighted by molar-refractivity contribution is 5.82. The first-order valence-electron chi connectivity index (χ1n) is 8.16. The maximum absolute atomic E-state index is 10.4. The quantitative estimate of drug-likeness (QED) is 0.516. The van der Waals surface area contributed by atoms with Gasteiger partial charge in [0.25, 0.3) is 0 Å². The highest BCUT2D eigenvalue weighted by Gasteiger charge is 2.00. The zero-order chi connectivity index (χ0) is 19.2. The van der Waals surface area contributed by atoms with Crippen LogP contribution in [0.1, 0.15) is 16.4 Å². The van der Waals surface area contributed by atoms with Crippen LogP contribution in [0.4, 0.5) is 0 Å². The maximum Gasteiger partial charge on any atom is 0.193 e. The van der Waals surface area contributed by atoms with E-state index in [1.165, 1.54) is 0 Å². The molecule has 0 fully saturated rings. The summed E-state index contributed by atoms with van der Waals surface area (Å²) >= 11 is 0. The van der Waals surface area contributed by atoms with Crippen molar-refractivity contribution in [2.75, 3.05) is 14.2 Å². The SMILES string of the molecule is COc1ccc2nc(C)ncc2c1.COc1ccc2nc(C=O)ncc2c1. The van der Waals surface area contributed by atoms with Crippen LogP contribution in [-0.4, -0.2) is 40.4 Å². The predicted molar refractivity (Wildman–Crippen MR) is 102 cm³/mol. The summed E-state index contributed by atoms with van der Waals surface area (Å²) in [7, 11) is 3.25. The van der Waals surface area contributed by atoms with Gasteiger partial charge in [-0.2, -0.15) is 0 Å². The Morgan fingerprint density at radius 1 is 0.815 bits per heavy atom. The van der Waals surface area contributed by atoms with Gasteiger partial charge in [0.2, 0.25) is 0 Å². The predicted octanol–water partition coefficient (Wildman–Crippen LogP) is 3.40. The van der Waals surface area contributed by atoms with Crippen molar-refractivity contribution in [1.29, 1.82) is 0 Å². The zero-order valence-electron chi connectivity index (χ0n) is 15.2. The molecule has 0 saturated heterocycles. The van der Waals surface area contributed by atoms with Crippen LogP contribution in [-0.2, 0) is 0 Å². The van der Waals surface area contributed by atoms with Gasteiger partial charge >= 0.3 is 0 Å². The molecule has 0 bridgehead atoms. The van der Waals surface area contributed by atoms with Gasteiger partial charge in [-0.1, -0.05) is 0 Å². The third kappa shape index (κ3) is 4.33. The molecule has 0 aliphatic rings. The molecule has 0 saturated carbocycles. The maximum atomic E-state index is 10.4. The number of aldehydes is 1. The highest BCUT2D eigenvalue weighted by Crippen LogP contribution is 2.18. The summed E-state index contributed by atoms with van der Waals surface area (Å²) in [6.45, 7) is 1.88. The molecule has 0 amide bonds. The number of methoxy groups -OCH3 is 2. The molecule has 0 unspecified atom stereocenters. The first-order chi connectivity index (χ1) is 13.1. The van der Waals surface area contributed by atoms with Crippen molar-refractivity contribution in [3.05, 3.63) is 60.4 Å². The average Bonchev–Trinajstić information content (AvgIpc) is 2.73. The molecule has 27 heavy (non-hydrogen) atoms. The summed E-state index contributed by atoms with van der Waals surface area (Å²) in [6, 6.07) is 11.2. The Labute approximate surface area is 156 Å². The second-order valence-electron chi connectivity index (χ2n) is 5.61. The van der Waals surface area contributed by atoms with Crippen LogP contribution in [0.2, 0.25) is 0 Å². The summed E-state index contributed by atoms with van der Waals surface area (Å²) in [5, 5.41) is 1.86. The van der Waals surface area contributed by atoms with Crippen LogP contribution in [0.15, 0.2) is 48.8 Å². The normalized spacial score (nSPS) is 10.2. The fourth-order valence-electron chi connectivity index (χ4n) is 2.44. The second-order valence-corrected chi connectivity index (χ2v) is 5.61. The molecule has 2 aromatic carbocycles. The number of fused-ring (bicyclic) bond motifs is 2. The van der Waals surface area contributed by atoms with Crippen molar-refractivity contribution >= 4 is 28.1 Å². The van der Waals surface area contributed by atoms with Crippen LogP contribution < -0.4 is 9.47 Å². The fourth-order valence-corrected chi connectivity index (χ4v) is 2.44. The monoisotopic (exact) mass is 362 g/mol. The number of hydrogen-bond donors (Lipinski definition) is 0. The van der Waals surface area contributed by atoms with E-state index >= 15 is 0 Å². The van der Waals surface area contributed by atoms with Gasteiger partial charge in [-0.05, 0) is 43.3 Å². The largest absolute Gasteiger partial charge is 0.497 e. The van der Waals surface area contributed by atoms with Crippen LogP contribution in [0, 0.1) is 6.92 Å². The van der Waals surface area contributed by atoms with Crippen LogP contribution in [0.3, 0.4) is 0 Å². The molecule has 136 valence electrons. The minimum Gasteiger partial charge on any atom is -0.497 e. The lowest BCUT2D eigenvalue weighted by atomic mass is 10.2. The van der Waals surface area contributed by atoms with Crippen LogP contribution >= 0.6 is 0 Å². The smallest absolute Gasteiger partial charge is 0.193 e. The summed E-state index contributed by atoms with van der Waals surface area (Å²) in [5.74, 6) is 2.57. The van der Waals surface area contributed by atoms with Crippen molar-refractivity contribution in [3.63, 3.8) is 0 Å². The molecule has 4 aromatic rings. The van der Waals surface area contributed by atoms with E-state index in [0.29, 0.717) is 6.29 Å². The Balaban J connectivity index is 0.000000156. The molecule has 2 aromatic heterocycles. The molecule has 4 rings (SSSR count). The summed E-state index contributed by atoms with van der Waals surface area (Å²) in [6.07, 6.45) is 4.04. The summed E-state index contributed by atoms with van der Waals surface area (Å²) in [5.41, 5.74) is 1.69. The first-order valence-corrected chi connectivity index (χ1v) is 8.16. The molecular weight excluding hydrogens is 344 g/mol. The number of rotatable bonds is 3. The standard InChI is InChI=1S/C10H8N2O2.C10H10N2O/c1-14-8-2-3-9-7(4-8)5-11-10(6-13)12-9;1-7-11-6-8-5-9(13-2)3-4-10(8)12-7/h2-6H,1H3;3-6H,1-2H3. The fraction of sp³-hybridized carbons (Fsp3) is 0.150. The molecule has 2 heterocycles. The molecule has 0 spiro atoms. The van der Waals surface area contributed by atoms with Crippen LogP contribution in [0.5, 0.6) is 11.5 Å². The van der Waals surface area contributed by atoms with E-state index in [0.717, 1.165) is 39.1 Å². The molecular formula is C20H18N4O3. The van der Waals surface area contributed by atoms with Gasteiger partial charge in [0, 0.05) is 23.2 Å². The van der Waals surface area contributed by atoms with Crippen molar-refractivity contribution in [2.45, 2.75) is 6.92 Å². The van der Waals surface area contributed by atoms with Gasteiger partial charge in [0.1, 0.15) is 17.3 Å². The van der Waals surface area contributed by atoms with E-state index in [9.17, 15) is 4.79 Å². The van der Waals surface area contributed by atoms with Crippen molar-refractivity contribution in [1.82, 2.24) is 19.9 Å². The van der Waals surface area contributed by atoms with Gasteiger partial charge in [0.05, 0.1) is 25.3 Å². The molecule has 0 aliphatic heterocycles. The third-order valence-electron chi connectivity index (χ3n) is 3.82. The van der Waals surface area contributed by atoms with Crippen LogP contribution in [0.25, 0.3) is 21.8 Å². The molecule has 7 heteroatoms. The van der Waals surface area contributed by atoms with Crippen molar-refractivity contribution in [3.8, 4) is 11.5 Å². The minimum atomic E-state index is 0.197. The van der Waals surface area contributed by atoms with Crippen molar-refractivity contribution in [2.24, 2.45) is 0 Å². The van der Waals surface area contributed by atoms with E-state index in [-0.39, 0.29) is 5.82 Å². The van der Waals surface area contributed by atoms with Gasteiger partial charge < -0.3 is 9.47 Å². The lowest BCUT2D eigenvalue weighted by Gasteiger charge is -2.01. The lowest BCUT2D eigenvalue weighted by molar-refractivity contribution is 0.111. The first kappa shape index (κ1) is 18.2. The number of nitrogens with zero attached hydrogens (tertiary/aromatic N) is 4. The Morgan fingerprint density at radius 2 is 1.37 bits per heavy atom. The van der Waals surface area contributed by atoms with Gasteiger partial charge in [-0.15, -0.1) is 0 Å². The highest BCUT2D eigenvalue weighted by atomic mass is 16.5. The Morgan fingerprint density at radius 3 is 1.93 bits per heavy atom. The van der Waals surface area contributed by atoms with E-state index in [2.05, 4.69) is 19.9 Å². The molecule has 0 atom stereocenters. The average molecular weight is 362 g/mol. The van der Waals surface area contributed by atoms with E-state index < -0.39 is 0 Å². The third-order valence-corrected chi connectivity index (χ3v) is 3.82. The number of carbonyl (C=O) groups excluding carboxylic acids is 1. The summed E-state index contributed by atoms with van der Waals surface area (Å²) < 4.78 is 10.2. The second kappa shape index (κ2) is 8.18. The topological polar surface area (TPSA) is 87.1 Å². The Bertz CT molecular complexity index is 1100. The molecule has 0 aliphatic carbocycles. The number of aryl methyl sites for hydroxylation is 1. The number of carbonyl (C=O) groups is 1. The lowest BCUT2D eigenvalue weighted by Crippen LogP contribution is -1.92. The minimum absolute atomic E-state index is 0.197. The number of benzene rings is 2. The number of aromatic nitrogens is 4. The van der Waals surface area contributed by atoms with E-state index in [1.807, 2.05) is 31.2 Å². The molecule has 0 radical (unpaired) electrons. The Kier molecular flexibility index (Phi) is 5.51. The van der Waals surface area contributed by atoms with Gasteiger partial charge in [-0.25, -0.2) is 19.9 Å². The van der Waals surface area contributed by atoms with E-state index in [4.69, 9.17) is 9.47 Å². The van der Waals surface area contributed by atoms with Crippen molar-refractivity contribution < 1.29 is 14.3 Å². The van der Waals surface area contributed by atoms with Gasteiger partial charge in [-0.3, -0.25) is 4.79 Å².